The van der Waals surface area contributed by atoms with Crippen LogP contribution in [0, 0.1) is 0 Å². The van der Waals surface area contributed by atoms with E-state index in [0.717, 1.165) is 22.2 Å². The van der Waals surface area contributed by atoms with Crippen molar-refractivity contribution < 1.29 is 19.8 Å². The fourth-order valence-corrected chi connectivity index (χ4v) is 4.26. The van der Waals surface area contributed by atoms with E-state index in [0.29, 0.717) is 51.1 Å². The number of amides is 2. The Bertz CT molecular complexity index is 1160. The third-order valence-electron chi connectivity index (χ3n) is 6.40. The predicted octanol–water partition coefficient (Wildman–Crippen LogP) is 1.50. The van der Waals surface area contributed by atoms with Crippen molar-refractivity contribution in [3.8, 4) is 11.1 Å². The molecular weight excluding hydrogens is 408 g/mol. The summed E-state index contributed by atoms with van der Waals surface area (Å²) in [4.78, 5) is 33.0. The van der Waals surface area contributed by atoms with Crippen LogP contribution in [0.15, 0.2) is 48.8 Å². The fraction of sp³-hybridized carbons (Fsp3) is 0.375. The third-order valence-corrected chi connectivity index (χ3v) is 6.40. The molecule has 2 N–H and O–H groups in total. The Hall–Kier alpha value is -3.23. The second kappa shape index (κ2) is 8.03. The Labute approximate surface area is 185 Å². The maximum Gasteiger partial charge on any atom is 0.254 e. The summed E-state index contributed by atoms with van der Waals surface area (Å²) in [5.74, 6) is -0.251. The second-order valence-electron chi connectivity index (χ2n) is 8.56. The molecule has 3 aromatic rings. The number of rotatable bonds is 5. The zero-order valence-corrected chi connectivity index (χ0v) is 17.8. The van der Waals surface area contributed by atoms with Crippen molar-refractivity contribution in [2.45, 2.75) is 25.0 Å². The van der Waals surface area contributed by atoms with Gasteiger partial charge in [-0.15, -0.1) is 0 Å². The molecule has 8 nitrogen and oxygen atoms in total. The number of fused-ring (bicyclic) bond motifs is 1. The first-order valence-electron chi connectivity index (χ1n) is 11.0. The molecule has 5 rings (SSSR count). The van der Waals surface area contributed by atoms with E-state index < -0.39 is 5.60 Å². The Morgan fingerprint density at radius 2 is 1.59 bits per heavy atom. The van der Waals surface area contributed by atoms with Crippen LogP contribution in [-0.4, -0.2) is 79.8 Å². The van der Waals surface area contributed by atoms with Crippen molar-refractivity contribution in [3.05, 3.63) is 54.4 Å². The molecule has 1 aliphatic carbocycles. The Balaban J connectivity index is 1.25. The van der Waals surface area contributed by atoms with E-state index in [9.17, 15) is 14.7 Å². The minimum atomic E-state index is -1.15. The molecule has 1 saturated heterocycles. The van der Waals surface area contributed by atoms with E-state index in [1.807, 2.05) is 47.0 Å². The van der Waals surface area contributed by atoms with Crippen molar-refractivity contribution in [2.75, 3.05) is 32.8 Å². The Morgan fingerprint density at radius 1 is 0.938 bits per heavy atom. The summed E-state index contributed by atoms with van der Waals surface area (Å²) in [7, 11) is 0. The molecule has 0 spiro atoms. The van der Waals surface area contributed by atoms with Gasteiger partial charge in [0, 0.05) is 38.3 Å². The van der Waals surface area contributed by atoms with E-state index in [-0.39, 0.29) is 18.4 Å². The van der Waals surface area contributed by atoms with Crippen LogP contribution in [0.4, 0.5) is 0 Å². The highest BCUT2D eigenvalue weighted by Crippen LogP contribution is 2.37. The van der Waals surface area contributed by atoms with Gasteiger partial charge in [0.05, 0.1) is 24.0 Å². The van der Waals surface area contributed by atoms with Crippen LogP contribution in [0.3, 0.4) is 0 Å². The topological polar surface area (TPSA) is 98.9 Å². The van der Waals surface area contributed by atoms with Crippen LogP contribution in [0.25, 0.3) is 22.2 Å². The molecule has 1 aliphatic heterocycles. The average Bonchev–Trinajstić information content (AvgIpc) is 3.47. The lowest BCUT2D eigenvalue weighted by molar-refractivity contribution is -0.143. The van der Waals surface area contributed by atoms with Crippen LogP contribution < -0.4 is 0 Å². The molecule has 8 heteroatoms. The number of imidazole rings is 1. The predicted molar refractivity (Wildman–Crippen MR) is 119 cm³/mol. The first-order chi connectivity index (χ1) is 15.5. The van der Waals surface area contributed by atoms with E-state index in [1.165, 1.54) is 0 Å². The minimum Gasteiger partial charge on any atom is -0.395 e. The van der Waals surface area contributed by atoms with Gasteiger partial charge in [-0.05, 0) is 48.2 Å². The number of piperazine rings is 1. The summed E-state index contributed by atoms with van der Waals surface area (Å²) in [6.45, 7) is 2.42. The minimum absolute atomic E-state index is 0.0491. The van der Waals surface area contributed by atoms with Gasteiger partial charge in [-0.2, -0.15) is 0 Å². The maximum absolute atomic E-state index is 12.9. The third kappa shape index (κ3) is 3.76. The van der Waals surface area contributed by atoms with E-state index >= 15 is 0 Å². The Morgan fingerprint density at radius 3 is 2.25 bits per heavy atom. The van der Waals surface area contributed by atoms with Crippen molar-refractivity contribution in [3.63, 3.8) is 0 Å². The SMILES string of the molecule is O=C(c1ccc(-c2ccc3c(c2)ncn3CCO)cc1)N1CCN(C(=O)C2(O)CC2)CC1. The number of aromatic nitrogens is 2. The molecular formula is C24H26N4O4. The number of hydrogen-bond acceptors (Lipinski definition) is 5. The summed E-state index contributed by atoms with van der Waals surface area (Å²) in [6, 6.07) is 13.5. The van der Waals surface area contributed by atoms with Gasteiger partial charge in [0.25, 0.3) is 11.8 Å². The highest BCUT2D eigenvalue weighted by molar-refractivity contribution is 5.95. The molecule has 1 saturated carbocycles. The molecule has 166 valence electrons. The summed E-state index contributed by atoms with van der Waals surface area (Å²) < 4.78 is 1.92. The van der Waals surface area contributed by atoms with Gasteiger partial charge in [0.2, 0.25) is 0 Å². The standard InChI is InChI=1S/C24H26N4O4/c29-14-13-28-16-25-20-15-19(5-6-21(20)28)17-1-3-18(4-2-17)22(30)26-9-11-27(12-10-26)23(31)24(32)7-8-24/h1-6,15-16,29,32H,7-14H2. The lowest BCUT2D eigenvalue weighted by Crippen LogP contribution is -2.53. The largest absolute Gasteiger partial charge is 0.395 e. The maximum atomic E-state index is 12.9. The molecule has 32 heavy (non-hydrogen) atoms. The molecule has 2 aromatic carbocycles. The van der Waals surface area contributed by atoms with Gasteiger partial charge in [-0.25, -0.2) is 4.98 Å². The lowest BCUT2D eigenvalue weighted by atomic mass is 10.0. The normalized spacial score (nSPS) is 17.6. The Kier molecular flexibility index (Phi) is 5.19. The van der Waals surface area contributed by atoms with Crippen molar-refractivity contribution in [1.29, 1.82) is 0 Å². The molecule has 1 aromatic heterocycles. The van der Waals surface area contributed by atoms with Crippen molar-refractivity contribution in [2.24, 2.45) is 0 Å². The van der Waals surface area contributed by atoms with Gasteiger partial charge in [0.15, 0.2) is 0 Å². The fourth-order valence-electron chi connectivity index (χ4n) is 4.26. The van der Waals surface area contributed by atoms with Gasteiger partial charge in [-0.1, -0.05) is 18.2 Å². The summed E-state index contributed by atoms with van der Waals surface area (Å²) >= 11 is 0. The highest BCUT2D eigenvalue weighted by Gasteiger charge is 2.50. The van der Waals surface area contributed by atoms with E-state index in [2.05, 4.69) is 4.98 Å². The van der Waals surface area contributed by atoms with Crippen LogP contribution in [0.2, 0.25) is 0 Å². The second-order valence-corrected chi connectivity index (χ2v) is 8.56. The molecule has 0 radical (unpaired) electrons. The molecule has 0 bridgehead atoms. The van der Waals surface area contributed by atoms with Gasteiger partial charge in [-0.3, -0.25) is 9.59 Å². The molecule has 0 atom stereocenters. The summed E-state index contributed by atoms with van der Waals surface area (Å²) in [5.41, 5.74) is 3.30. The number of benzene rings is 2. The summed E-state index contributed by atoms with van der Waals surface area (Å²) in [5, 5.41) is 19.2. The molecule has 2 aliphatic rings. The number of nitrogens with zero attached hydrogens (tertiary/aromatic N) is 4. The van der Waals surface area contributed by atoms with Crippen LogP contribution in [0.5, 0.6) is 0 Å². The van der Waals surface area contributed by atoms with E-state index in [4.69, 9.17) is 5.11 Å². The van der Waals surface area contributed by atoms with Crippen LogP contribution in [0.1, 0.15) is 23.2 Å². The monoisotopic (exact) mass is 434 g/mol. The van der Waals surface area contributed by atoms with Crippen LogP contribution >= 0.6 is 0 Å². The zero-order chi connectivity index (χ0) is 22.3. The number of hydrogen-bond donors (Lipinski definition) is 2. The number of aliphatic hydroxyl groups excluding tert-OH is 1. The quantitative estimate of drug-likeness (QED) is 0.634. The highest BCUT2D eigenvalue weighted by atomic mass is 16.3. The first kappa shape index (κ1) is 20.7. The molecule has 0 unspecified atom stereocenters. The van der Waals surface area contributed by atoms with Crippen LogP contribution in [-0.2, 0) is 11.3 Å². The molecule has 2 fully saturated rings. The van der Waals surface area contributed by atoms with E-state index in [1.54, 1.807) is 16.1 Å². The molecule has 2 amide bonds. The number of aliphatic hydroxyl groups is 2. The number of carbonyl (C=O) groups excluding carboxylic acids is 2. The van der Waals surface area contributed by atoms with Gasteiger partial charge in [0.1, 0.15) is 5.60 Å². The van der Waals surface area contributed by atoms with Gasteiger partial charge < -0.3 is 24.6 Å². The smallest absolute Gasteiger partial charge is 0.254 e. The number of carbonyl (C=O) groups is 2. The average molecular weight is 434 g/mol. The van der Waals surface area contributed by atoms with Crippen molar-refractivity contribution in [1.82, 2.24) is 19.4 Å². The first-order valence-corrected chi connectivity index (χ1v) is 11.0. The van der Waals surface area contributed by atoms with Gasteiger partial charge >= 0.3 is 0 Å². The zero-order valence-electron chi connectivity index (χ0n) is 17.8. The lowest BCUT2D eigenvalue weighted by Gasteiger charge is -2.35. The summed E-state index contributed by atoms with van der Waals surface area (Å²) in [6.07, 6.45) is 2.80. The molecule has 2 heterocycles. The van der Waals surface area contributed by atoms with Crippen molar-refractivity contribution >= 4 is 22.8 Å².